The molecule has 0 saturated carbocycles. The zero-order valence-electron chi connectivity index (χ0n) is 10.6. The van der Waals surface area contributed by atoms with Crippen LogP contribution in [0, 0.1) is 5.92 Å². The van der Waals surface area contributed by atoms with Crippen LogP contribution in [-0.4, -0.2) is 23.4 Å². The van der Waals surface area contributed by atoms with Crippen LogP contribution in [0.3, 0.4) is 0 Å². The van der Waals surface area contributed by atoms with Crippen molar-refractivity contribution in [3.63, 3.8) is 0 Å². The predicted molar refractivity (Wildman–Crippen MR) is 68.8 cm³/mol. The summed E-state index contributed by atoms with van der Waals surface area (Å²) in [5, 5.41) is 3.43. The standard InChI is InChI=1S/C14H18N2O2/c1-9(17)2-10-4-13-12-3-11(6-15-7-12)8-16(13)14(18)5-10/h4-5,11-12,15H,2-3,6-8H2,1H3/t11?,12-/m0/s1. The number of pyridine rings is 1. The molecule has 2 bridgehead atoms. The lowest BCUT2D eigenvalue weighted by Crippen LogP contribution is -2.45. The highest BCUT2D eigenvalue weighted by atomic mass is 16.1. The van der Waals surface area contributed by atoms with Gasteiger partial charge in [0, 0.05) is 37.2 Å². The minimum Gasteiger partial charge on any atom is -0.316 e. The van der Waals surface area contributed by atoms with Crippen molar-refractivity contribution in [3.8, 4) is 0 Å². The first-order valence-corrected chi connectivity index (χ1v) is 6.57. The monoisotopic (exact) mass is 246 g/mol. The Bertz CT molecular complexity index is 547. The fraction of sp³-hybridized carbons (Fsp3) is 0.571. The highest BCUT2D eigenvalue weighted by Crippen LogP contribution is 2.32. The van der Waals surface area contributed by atoms with Gasteiger partial charge < -0.3 is 9.88 Å². The molecule has 1 saturated heterocycles. The lowest BCUT2D eigenvalue weighted by molar-refractivity contribution is -0.116. The second-order valence-corrected chi connectivity index (χ2v) is 5.57. The molecule has 4 heteroatoms. The summed E-state index contributed by atoms with van der Waals surface area (Å²) in [4.78, 5) is 23.3. The SMILES string of the molecule is CC(=O)Cc1cc2n(c(=O)c1)CC1CNC[C@@H]2C1. The number of aromatic nitrogens is 1. The summed E-state index contributed by atoms with van der Waals surface area (Å²) in [6.45, 7) is 4.34. The topological polar surface area (TPSA) is 51.1 Å². The number of fused-ring (bicyclic) bond motifs is 4. The minimum atomic E-state index is 0.0559. The van der Waals surface area contributed by atoms with E-state index in [4.69, 9.17) is 0 Å². The van der Waals surface area contributed by atoms with Gasteiger partial charge in [-0.3, -0.25) is 9.59 Å². The summed E-state index contributed by atoms with van der Waals surface area (Å²) in [6.07, 6.45) is 1.53. The first-order chi connectivity index (χ1) is 8.63. The van der Waals surface area contributed by atoms with E-state index in [0.717, 1.165) is 37.3 Å². The molecule has 0 radical (unpaired) electrons. The largest absolute Gasteiger partial charge is 0.316 e. The zero-order valence-corrected chi connectivity index (χ0v) is 10.6. The van der Waals surface area contributed by atoms with Gasteiger partial charge in [-0.05, 0) is 37.4 Å². The number of rotatable bonds is 2. The summed E-state index contributed by atoms with van der Waals surface area (Å²) >= 11 is 0. The van der Waals surface area contributed by atoms with Crippen molar-refractivity contribution in [2.24, 2.45) is 5.92 Å². The molecule has 3 rings (SSSR count). The number of Topliss-reactive ketones (excluding diaryl/α,β-unsaturated/α-hetero) is 1. The van der Waals surface area contributed by atoms with Gasteiger partial charge in [0.1, 0.15) is 5.78 Å². The molecule has 0 amide bonds. The Morgan fingerprint density at radius 3 is 3.06 bits per heavy atom. The fourth-order valence-electron chi connectivity index (χ4n) is 3.25. The lowest BCUT2D eigenvalue weighted by atomic mass is 9.83. The molecule has 3 heterocycles. The molecule has 4 nitrogen and oxygen atoms in total. The number of hydrogen-bond acceptors (Lipinski definition) is 3. The third kappa shape index (κ3) is 2.01. The minimum absolute atomic E-state index is 0.0559. The molecule has 1 N–H and O–H groups in total. The van der Waals surface area contributed by atoms with E-state index in [0.29, 0.717) is 18.3 Å². The van der Waals surface area contributed by atoms with Crippen LogP contribution in [0.15, 0.2) is 16.9 Å². The van der Waals surface area contributed by atoms with E-state index in [1.807, 2.05) is 4.57 Å². The fourth-order valence-corrected chi connectivity index (χ4v) is 3.25. The Morgan fingerprint density at radius 1 is 1.44 bits per heavy atom. The van der Waals surface area contributed by atoms with E-state index in [1.165, 1.54) is 0 Å². The van der Waals surface area contributed by atoms with Crippen molar-refractivity contribution >= 4 is 5.78 Å². The molecule has 96 valence electrons. The van der Waals surface area contributed by atoms with Crippen molar-refractivity contribution in [2.75, 3.05) is 13.1 Å². The Balaban J connectivity index is 2.04. The molecule has 2 aliphatic heterocycles. The van der Waals surface area contributed by atoms with Gasteiger partial charge in [-0.25, -0.2) is 0 Å². The van der Waals surface area contributed by atoms with Crippen LogP contribution >= 0.6 is 0 Å². The second-order valence-electron chi connectivity index (χ2n) is 5.57. The van der Waals surface area contributed by atoms with Gasteiger partial charge >= 0.3 is 0 Å². The maximum atomic E-state index is 12.1. The van der Waals surface area contributed by atoms with Crippen molar-refractivity contribution in [2.45, 2.75) is 32.2 Å². The smallest absolute Gasteiger partial charge is 0.251 e. The van der Waals surface area contributed by atoms with Crippen molar-refractivity contribution < 1.29 is 4.79 Å². The third-order valence-corrected chi connectivity index (χ3v) is 3.97. The van der Waals surface area contributed by atoms with Crippen molar-refractivity contribution in [1.29, 1.82) is 0 Å². The molecule has 1 fully saturated rings. The van der Waals surface area contributed by atoms with Crippen molar-refractivity contribution in [3.05, 3.63) is 33.7 Å². The molecular formula is C14H18N2O2. The number of nitrogens with one attached hydrogen (secondary N) is 1. The molecular weight excluding hydrogens is 228 g/mol. The maximum absolute atomic E-state index is 12.1. The second kappa shape index (κ2) is 4.35. The summed E-state index contributed by atoms with van der Waals surface area (Å²) in [7, 11) is 0. The predicted octanol–water partition coefficient (Wildman–Crippen LogP) is 0.686. The zero-order chi connectivity index (χ0) is 12.7. The number of ketones is 1. The average Bonchev–Trinajstić information content (AvgIpc) is 2.31. The maximum Gasteiger partial charge on any atom is 0.251 e. The van der Waals surface area contributed by atoms with E-state index in [-0.39, 0.29) is 11.3 Å². The van der Waals surface area contributed by atoms with Crippen LogP contribution in [0.2, 0.25) is 0 Å². The van der Waals surface area contributed by atoms with Crippen molar-refractivity contribution in [1.82, 2.24) is 9.88 Å². The Morgan fingerprint density at radius 2 is 2.28 bits per heavy atom. The summed E-state index contributed by atoms with van der Waals surface area (Å²) in [5.74, 6) is 1.11. The molecule has 0 spiro atoms. The Labute approximate surface area is 106 Å². The van der Waals surface area contributed by atoms with Crippen LogP contribution in [0.1, 0.15) is 30.5 Å². The van der Waals surface area contributed by atoms with Crippen LogP contribution in [0.25, 0.3) is 0 Å². The Kier molecular flexibility index (Phi) is 2.82. The van der Waals surface area contributed by atoms with Crippen LogP contribution in [0.5, 0.6) is 0 Å². The molecule has 2 atom stereocenters. The van der Waals surface area contributed by atoms with E-state index >= 15 is 0 Å². The summed E-state index contributed by atoms with van der Waals surface area (Å²) in [6, 6.07) is 3.68. The van der Waals surface area contributed by atoms with Gasteiger partial charge in [0.05, 0.1) is 0 Å². The number of carbonyl (C=O) groups is 1. The van der Waals surface area contributed by atoms with Crippen LogP contribution in [-0.2, 0) is 17.8 Å². The van der Waals surface area contributed by atoms with Gasteiger partial charge in [0.25, 0.3) is 5.56 Å². The molecule has 0 aromatic carbocycles. The van der Waals surface area contributed by atoms with Gasteiger partial charge in [0.2, 0.25) is 0 Å². The Hall–Kier alpha value is -1.42. The first kappa shape index (κ1) is 11.7. The highest BCUT2D eigenvalue weighted by Gasteiger charge is 2.30. The van der Waals surface area contributed by atoms with Crippen LogP contribution in [0.4, 0.5) is 0 Å². The number of hydrogen-bond donors (Lipinski definition) is 1. The first-order valence-electron chi connectivity index (χ1n) is 6.57. The molecule has 18 heavy (non-hydrogen) atoms. The number of piperidine rings is 1. The number of carbonyl (C=O) groups excluding carboxylic acids is 1. The molecule has 0 aliphatic carbocycles. The normalized spacial score (nSPS) is 25.6. The summed E-state index contributed by atoms with van der Waals surface area (Å²) in [5.41, 5.74) is 2.03. The summed E-state index contributed by atoms with van der Waals surface area (Å²) < 4.78 is 1.91. The highest BCUT2D eigenvalue weighted by molar-refractivity contribution is 5.78. The number of nitrogens with zero attached hydrogens (tertiary/aromatic N) is 1. The molecule has 1 aromatic rings. The van der Waals surface area contributed by atoms with Crippen LogP contribution < -0.4 is 10.9 Å². The average molecular weight is 246 g/mol. The van der Waals surface area contributed by atoms with Gasteiger partial charge in [-0.1, -0.05) is 0 Å². The lowest BCUT2D eigenvalue weighted by Gasteiger charge is -2.37. The van der Waals surface area contributed by atoms with E-state index in [9.17, 15) is 9.59 Å². The van der Waals surface area contributed by atoms with E-state index in [1.54, 1.807) is 13.0 Å². The van der Waals surface area contributed by atoms with Gasteiger partial charge in [-0.15, -0.1) is 0 Å². The molecule has 1 aromatic heterocycles. The van der Waals surface area contributed by atoms with E-state index in [2.05, 4.69) is 11.4 Å². The van der Waals surface area contributed by atoms with E-state index < -0.39 is 0 Å². The third-order valence-electron chi connectivity index (χ3n) is 3.97. The molecule has 1 unspecified atom stereocenters. The van der Waals surface area contributed by atoms with Gasteiger partial charge in [0.15, 0.2) is 0 Å². The van der Waals surface area contributed by atoms with Gasteiger partial charge in [-0.2, -0.15) is 0 Å². The quantitative estimate of drug-likeness (QED) is 0.835. The molecule has 2 aliphatic rings.